The molecule has 2 aromatic carbocycles. The highest BCUT2D eigenvalue weighted by Gasteiger charge is 2.30. The summed E-state index contributed by atoms with van der Waals surface area (Å²) < 4.78 is 27.6. The molecule has 3 aromatic rings. The predicted octanol–water partition coefficient (Wildman–Crippen LogP) is 4.91. The van der Waals surface area contributed by atoms with Crippen LogP contribution in [0.3, 0.4) is 0 Å². The molecule has 2 heterocycles. The fourth-order valence-corrected chi connectivity index (χ4v) is 4.53. The molecule has 1 atom stereocenters. The number of benzene rings is 2. The highest BCUT2D eigenvalue weighted by Crippen LogP contribution is 2.28. The van der Waals surface area contributed by atoms with E-state index in [2.05, 4.69) is 0 Å². The summed E-state index contributed by atoms with van der Waals surface area (Å²) in [6.45, 7) is 0.888. The van der Waals surface area contributed by atoms with Crippen molar-refractivity contribution in [3.05, 3.63) is 70.6 Å². The number of hydrogen-bond acceptors (Lipinski definition) is 3. The van der Waals surface area contributed by atoms with Crippen LogP contribution in [0.1, 0.15) is 32.9 Å². The highest BCUT2D eigenvalue weighted by atomic mass is 32.1. The van der Waals surface area contributed by atoms with Crippen LogP contribution < -0.4 is 0 Å². The topological polar surface area (TPSA) is 37.4 Å². The maximum Gasteiger partial charge on any atom is 0.263 e. The minimum absolute atomic E-state index is 0.0843. The third-order valence-corrected chi connectivity index (χ3v) is 6.02. The predicted molar refractivity (Wildman–Crippen MR) is 101 cm³/mol. The number of amides is 1. The fraction of sp³-hybridized carbons (Fsp3) is 0.238. The Balaban J connectivity index is 1.52. The maximum absolute atomic E-state index is 13.4. The molecule has 138 valence electrons. The minimum atomic E-state index is -1.03. The number of carbonyl (C=O) groups excluding carboxylic acids is 2. The molecule has 3 nitrogen and oxygen atoms in total. The second-order valence-corrected chi connectivity index (χ2v) is 7.82. The minimum Gasteiger partial charge on any atom is -0.337 e. The van der Waals surface area contributed by atoms with Gasteiger partial charge in [0, 0.05) is 29.3 Å². The van der Waals surface area contributed by atoms with Gasteiger partial charge in [0.1, 0.15) is 0 Å². The van der Waals surface area contributed by atoms with Crippen molar-refractivity contribution in [1.82, 2.24) is 4.90 Å². The van der Waals surface area contributed by atoms with Gasteiger partial charge in [0.05, 0.1) is 4.88 Å². The molecule has 1 aliphatic heterocycles. The average molecular weight is 385 g/mol. The third kappa shape index (κ3) is 3.49. The zero-order chi connectivity index (χ0) is 19.0. The number of thiophene rings is 1. The van der Waals surface area contributed by atoms with Crippen molar-refractivity contribution in [3.8, 4) is 0 Å². The van der Waals surface area contributed by atoms with Crippen LogP contribution in [0.4, 0.5) is 8.78 Å². The van der Waals surface area contributed by atoms with Crippen LogP contribution in [0.5, 0.6) is 0 Å². The van der Waals surface area contributed by atoms with Gasteiger partial charge in [-0.15, -0.1) is 11.3 Å². The number of fused-ring (bicyclic) bond motifs is 1. The Bertz CT molecular complexity index is 997. The Labute approximate surface area is 159 Å². The molecule has 1 fully saturated rings. The van der Waals surface area contributed by atoms with Crippen molar-refractivity contribution in [3.63, 3.8) is 0 Å². The molecular weight excluding hydrogens is 368 g/mol. The van der Waals surface area contributed by atoms with Gasteiger partial charge in [0.2, 0.25) is 0 Å². The number of Topliss-reactive ketones (excluding diaryl/α,β-unsaturated/α-hetero) is 1. The quantitative estimate of drug-likeness (QED) is 0.601. The Morgan fingerprint density at radius 1 is 1.04 bits per heavy atom. The molecule has 1 aliphatic rings. The van der Waals surface area contributed by atoms with Crippen LogP contribution in [-0.2, 0) is 0 Å². The van der Waals surface area contributed by atoms with Crippen LogP contribution in [0.15, 0.2) is 48.5 Å². The number of likely N-dealkylation sites (tertiary alicyclic amines) is 1. The molecule has 0 saturated carbocycles. The van der Waals surface area contributed by atoms with Gasteiger partial charge in [-0.3, -0.25) is 9.59 Å². The van der Waals surface area contributed by atoms with E-state index in [1.807, 2.05) is 30.3 Å². The van der Waals surface area contributed by atoms with Gasteiger partial charge in [-0.2, -0.15) is 0 Å². The summed E-state index contributed by atoms with van der Waals surface area (Å²) in [4.78, 5) is 27.9. The van der Waals surface area contributed by atoms with Gasteiger partial charge in [-0.25, -0.2) is 8.78 Å². The van der Waals surface area contributed by atoms with Crippen LogP contribution >= 0.6 is 11.3 Å². The molecule has 1 saturated heterocycles. The first-order valence-corrected chi connectivity index (χ1v) is 9.61. The Kier molecular flexibility index (Phi) is 4.74. The lowest BCUT2D eigenvalue weighted by Gasteiger charge is -2.31. The standard InChI is InChI=1S/C21H17F2NO2S/c22-16-8-7-14(10-17(16)23)20(25)15-5-3-9-24(12-15)21(26)19-11-13-4-1-2-6-18(13)27-19/h1-2,4,6-8,10-11,15H,3,5,9,12H2/t15-/m0/s1. The number of nitrogens with zero attached hydrogens (tertiary/aromatic N) is 1. The van der Waals surface area contributed by atoms with Crippen LogP contribution in [-0.4, -0.2) is 29.7 Å². The highest BCUT2D eigenvalue weighted by molar-refractivity contribution is 7.20. The molecule has 0 bridgehead atoms. The molecule has 1 aromatic heterocycles. The monoisotopic (exact) mass is 385 g/mol. The van der Waals surface area contributed by atoms with Gasteiger partial charge < -0.3 is 4.90 Å². The van der Waals surface area contributed by atoms with Crippen molar-refractivity contribution >= 4 is 33.1 Å². The lowest BCUT2D eigenvalue weighted by atomic mass is 9.90. The Morgan fingerprint density at radius 3 is 2.63 bits per heavy atom. The van der Waals surface area contributed by atoms with E-state index in [0.29, 0.717) is 30.8 Å². The zero-order valence-corrected chi connectivity index (χ0v) is 15.3. The van der Waals surface area contributed by atoms with Crippen LogP contribution in [0.2, 0.25) is 0 Å². The maximum atomic E-state index is 13.4. The number of hydrogen-bond donors (Lipinski definition) is 0. The van der Waals surface area contributed by atoms with Gasteiger partial charge in [-0.1, -0.05) is 18.2 Å². The van der Waals surface area contributed by atoms with Crippen molar-refractivity contribution in [2.45, 2.75) is 12.8 Å². The smallest absolute Gasteiger partial charge is 0.263 e. The number of rotatable bonds is 3. The average Bonchev–Trinajstić information content (AvgIpc) is 3.13. The summed E-state index contributed by atoms with van der Waals surface area (Å²) in [7, 11) is 0. The number of ketones is 1. The zero-order valence-electron chi connectivity index (χ0n) is 14.5. The van der Waals surface area contributed by atoms with Crippen molar-refractivity contribution in [1.29, 1.82) is 0 Å². The van der Waals surface area contributed by atoms with Gasteiger partial charge in [-0.05, 0) is 48.6 Å². The molecule has 6 heteroatoms. The van der Waals surface area contributed by atoms with E-state index < -0.39 is 17.6 Å². The molecule has 0 N–H and O–H groups in total. The van der Waals surface area contributed by atoms with E-state index in [1.165, 1.54) is 17.4 Å². The number of piperidine rings is 1. The normalized spacial score (nSPS) is 17.3. The summed E-state index contributed by atoms with van der Waals surface area (Å²) in [5.41, 5.74) is 0.148. The van der Waals surface area contributed by atoms with Crippen LogP contribution in [0, 0.1) is 17.6 Å². The molecule has 0 spiro atoms. The van der Waals surface area contributed by atoms with Crippen LogP contribution in [0.25, 0.3) is 10.1 Å². The molecule has 0 radical (unpaired) electrons. The summed E-state index contributed by atoms with van der Waals surface area (Å²) in [6.07, 6.45) is 1.34. The molecular formula is C21H17F2NO2S. The SMILES string of the molecule is O=C(c1ccc(F)c(F)c1)[C@H]1CCCN(C(=O)c2cc3ccccc3s2)C1. The first-order valence-electron chi connectivity index (χ1n) is 8.80. The molecule has 4 rings (SSSR count). The van der Waals surface area contributed by atoms with E-state index in [4.69, 9.17) is 0 Å². The number of halogens is 2. The van der Waals surface area contributed by atoms with Gasteiger partial charge in [0.25, 0.3) is 5.91 Å². The van der Waals surface area contributed by atoms with E-state index in [1.54, 1.807) is 4.90 Å². The van der Waals surface area contributed by atoms with Crippen molar-refractivity contribution < 1.29 is 18.4 Å². The Morgan fingerprint density at radius 2 is 1.85 bits per heavy atom. The third-order valence-electron chi connectivity index (χ3n) is 4.92. The lowest BCUT2D eigenvalue weighted by Crippen LogP contribution is -2.42. The van der Waals surface area contributed by atoms with E-state index in [9.17, 15) is 18.4 Å². The van der Waals surface area contributed by atoms with E-state index in [-0.39, 0.29) is 17.3 Å². The van der Waals surface area contributed by atoms with Crippen molar-refractivity contribution in [2.24, 2.45) is 5.92 Å². The van der Waals surface area contributed by atoms with Gasteiger partial charge in [0.15, 0.2) is 17.4 Å². The summed E-state index contributed by atoms with van der Waals surface area (Å²) in [5, 5.41) is 1.03. The first-order chi connectivity index (χ1) is 13.0. The Hall–Kier alpha value is -2.60. The summed E-state index contributed by atoms with van der Waals surface area (Å²) >= 11 is 1.44. The molecule has 0 aliphatic carbocycles. The molecule has 27 heavy (non-hydrogen) atoms. The van der Waals surface area contributed by atoms with E-state index in [0.717, 1.165) is 22.2 Å². The van der Waals surface area contributed by atoms with Gasteiger partial charge >= 0.3 is 0 Å². The number of carbonyl (C=O) groups is 2. The van der Waals surface area contributed by atoms with E-state index >= 15 is 0 Å². The second-order valence-electron chi connectivity index (χ2n) is 6.73. The largest absolute Gasteiger partial charge is 0.337 e. The van der Waals surface area contributed by atoms with Crippen molar-refractivity contribution in [2.75, 3.05) is 13.1 Å². The summed E-state index contributed by atoms with van der Waals surface area (Å²) in [5.74, 6) is -2.74. The second kappa shape index (κ2) is 7.19. The molecule has 0 unspecified atom stereocenters. The summed E-state index contributed by atoms with van der Waals surface area (Å²) in [6, 6.07) is 12.9. The lowest BCUT2D eigenvalue weighted by molar-refractivity contribution is 0.0641. The molecule has 1 amide bonds. The first kappa shape index (κ1) is 17.8. The fourth-order valence-electron chi connectivity index (χ4n) is 3.50.